The van der Waals surface area contributed by atoms with Gasteiger partial charge in [0.05, 0.1) is 12.5 Å². The summed E-state index contributed by atoms with van der Waals surface area (Å²) in [5.41, 5.74) is 0.752. The Morgan fingerprint density at radius 1 is 1.24 bits per heavy atom. The fourth-order valence-corrected chi connectivity index (χ4v) is 5.25. The summed E-state index contributed by atoms with van der Waals surface area (Å²) in [6, 6.07) is 2.89. The third kappa shape index (κ3) is 5.01. The van der Waals surface area contributed by atoms with Gasteiger partial charge in [0, 0.05) is 43.0 Å². The Morgan fingerprint density at radius 2 is 1.97 bits per heavy atom. The Labute approximate surface area is 225 Å². The molecule has 0 spiro atoms. The summed E-state index contributed by atoms with van der Waals surface area (Å²) in [7, 11) is 3.27. The molecule has 0 bridgehead atoms. The Bertz CT molecular complexity index is 1410. The highest BCUT2D eigenvalue weighted by atomic mass is 35.5. The van der Waals surface area contributed by atoms with Crippen LogP contribution in [-0.2, 0) is 4.74 Å². The number of carbonyl (C=O) groups is 1. The van der Waals surface area contributed by atoms with E-state index in [9.17, 15) is 9.90 Å². The first kappa shape index (κ1) is 26.2. The van der Waals surface area contributed by atoms with Gasteiger partial charge in [-0.05, 0) is 63.6 Å². The van der Waals surface area contributed by atoms with E-state index < -0.39 is 11.4 Å². The predicted octanol–water partition coefficient (Wildman–Crippen LogP) is 5.52. The van der Waals surface area contributed by atoms with E-state index in [1.165, 1.54) is 25.4 Å². The number of likely N-dealkylation sites (tertiary alicyclic amines) is 1. The molecule has 1 aliphatic carbocycles. The van der Waals surface area contributed by atoms with Crippen LogP contribution in [0.3, 0.4) is 0 Å². The number of pyridine rings is 1. The van der Waals surface area contributed by atoms with Gasteiger partial charge in [-0.2, -0.15) is 9.97 Å². The van der Waals surface area contributed by atoms with E-state index in [0.29, 0.717) is 41.3 Å². The molecule has 2 fully saturated rings. The number of aromatic nitrogens is 3. The second-order valence-electron chi connectivity index (χ2n) is 10.9. The molecule has 2 aliphatic rings. The Morgan fingerprint density at radius 3 is 2.63 bits per heavy atom. The van der Waals surface area contributed by atoms with E-state index in [1.54, 1.807) is 4.90 Å². The molecule has 9 nitrogen and oxygen atoms in total. The molecule has 0 unspecified atom stereocenters. The lowest BCUT2D eigenvalue weighted by molar-refractivity contribution is 0.0292. The number of ether oxygens (including phenoxy) is 2. The Kier molecular flexibility index (Phi) is 6.71. The zero-order valence-electron chi connectivity index (χ0n) is 22.1. The van der Waals surface area contributed by atoms with Crippen molar-refractivity contribution >= 4 is 34.4 Å². The smallest absolute Gasteiger partial charge is 0.410 e. The molecular weight excluding hydrogens is 513 g/mol. The number of methoxy groups -OCH3 is 1. The van der Waals surface area contributed by atoms with Gasteiger partial charge >= 0.3 is 12.1 Å². The molecule has 1 saturated heterocycles. The quantitative estimate of drug-likeness (QED) is 0.449. The van der Waals surface area contributed by atoms with Gasteiger partial charge in [0.1, 0.15) is 28.4 Å². The molecule has 1 saturated carbocycles. The lowest BCUT2D eigenvalue weighted by atomic mass is 9.98. The van der Waals surface area contributed by atoms with Crippen LogP contribution in [0.5, 0.6) is 11.8 Å². The average Bonchev–Trinajstić information content (AvgIpc) is 3.55. The van der Waals surface area contributed by atoms with Crippen LogP contribution >= 0.6 is 11.6 Å². The summed E-state index contributed by atoms with van der Waals surface area (Å²) in [6.45, 7) is 6.46. The number of aromatic hydroxyl groups is 1. The van der Waals surface area contributed by atoms with Crippen molar-refractivity contribution in [3.8, 4) is 23.0 Å². The van der Waals surface area contributed by atoms with Crippen LogP contribution in [0.25, 0.3) is 22.2 Å². The highest BCUT2D eigenvalue weighted by molar-refractivity contribution is 6.32. The van der Waals surface area contributed by atoms with Crippen molar-refractivity contribution in [1.82, 2.24) is 19.9 Å². The van der Waals surface area contributed by atoms with Gasteiger partial charge in [-0.1, -0.05) is 11.6 Å². The summed E-state index contributed by atoms with van der Waals surface area (Å²) in [6.07, 6.45) is 3.74. The van der Waals surface area contributed by atoms with Crippen LogP contribution in [0.4, 0.5) is 15.0 Å². The van der Waals surface area contributed by atoms with Gasteiger partial charge in [-0.3, -0.25) is 4.98 Å². The molecule has 38 heavy (non-hydrogen) atoms. The number of rotatable bonds is 5. The minimum Gasteiger partial charge on any atom is -0.508 e. The van der Waals surface area contributed by atoms with Crippen molar-refractivity contribution in [3.63, 3.8) is 0 Å². The van der Waals surface area contributed by atoms with Gasteiger partial charge < -0.3 is 24.4 Å². The summed E-state index contributed by atoms with van der Waals surface area (Å²) in [5, 5.41) is 11.0. The Balaban J connectivity index is 1.53. The Hall–Kier alpha value is -3.40. The lowest BCUT2D eigenvalue weighted by Crippen LogP contribution is -2.39. The fraction of sp³-hybridized carbons (Fsp3) is 0.481. The normalized spacial score (nSPS) is 17.7. The maximum absolute atomic E-state index is 16.1. The molecule has 202 valence electrons. The second-order valence-corrected chi connectivity index (χ2v) is 11.3. The molecule has 1 amide bonds. The molecule has 1 atom stereocenters. The van der Waals surface area contributed by atoms with Crippen molar-refractivity contribution in [2.45, 2.75) is 57.6 Å². The van der Waals surface area contributed by atoms with Gasteiger partial charge in [0.2, 0.25) is 0 Å². The maximum Gasteiger partial charge on any atom is 0.410 e. The molecule has 3 aromatic rings. The average molecular weight is 544 g/mol. The molecule has 3 heterocycles. The first-order chi connectivity index (χ1) is 18.0. The highest BCUT2D eigenvalue weighted by Gasteiger charge is 2.34. The van der Waals surface area contributed by atoms with E-state index in [2.05, 4.69) is 15.0 Å². The number of fused-ring (bicyclic) bond motifs is 1. The number of amides is 1. The van der Waals surface area contributed by atoms with Crippen LogP contribution in [0.2, 0.25) is 5.02 Å². The molecule has 1 N–H and O–H groups in total. The van der Waals surface area contributed by atoms with E-state index in [4.69, 9.17) is 21.1 Å². The molecule has 5 rings (SSSR count). The summed E-state index contributed by atoms with van der Waals surface area (Å²) in [5.74, 6) is -0.0699. The zero-order valence-corrected chi connectivity index (χ0v) is 22.8. The zero-order chi connectivity index (χ0) is 27.4. The van der Waals surface area contributed by atoms with Crippen LogP contribution in [-0.4, -0.2) is 69.9 Å². The topological polar surface area (TPSA) is 101 Å². The van der Waals surface area contributed by atoms with Crippen molar-refractivity contribution in [2.75, 3.05) is 32.1 Å². The van der Waals surface area contributed by atoms with E-state index >= 15 is 4.39 Å². The maximum atomic E-state index is 16.1. The monoisotopic (exact) mass is 543 g/mol. The lowest BCUT2D eigenvalue weighted by Gasteiger charge is -2.28. The van der Waals surface area contributed by atoms with Gasteiger partial charge in [0.25, 0.3) is 0 Å². The largest absolute Gasteiger partial charge is 0.508 e. The number of halogens is 2. The molecule has 1 aliphatic heterocycles. The fourth-order valence-electron chi connectivity index (χ4n) is 4.88. The highest BCUT2D eigenvalue weighted by Crippen LogP contribution is 2.49. The van der Waals surface area contributed by atoms with Crippen molar-refractivity contribution in [3.05, 3.63) is 34.7 Å². The van der Waals surface area contributed by atoms with Crippen LogP contribution < -0.4 is 9.64 Å². The third-order valence-electron chi connectivity index (χ3n) is 6.88. The van der Waals surface area contributed by atoms with Gasteiger partial charge in [0.15, 0.2) is 5.82 Å². The third-order valence-corrected chi connectivity index (χ3v) is 7.19. The van der Waals surface area contributed by atoms with Crippen LogP contribution in [0.1, 0.15) is 51.5 Å². The summed E-state index contributed by atoms with van der Waals surface area (Å²) < 4.78 is 27.0. The number of anilines is 1. The first-order valence-corrected chi connectivity index (χ1v) is 13.0. The number of hydrogen-bond acceptors (Lipinski definition) is 8. The summed E-state index contributed by atoms with van der Waals surface area (Å²) >= 11 is 6.45. The second kappa shape index (κ2) is 9.72. The predicted molar refractivity (Wildman–Crippen MR) is 143 cm³/mol. The minimum absolute atomic E-state index is 0.00810. The molecule has 1 aromatic carbocycles. The minimum atomic E-state index is -0.650. The van der Waals surface area contributed by atoms with Gasteiger partial charge in [-0.25, -0.2) is 9.18 Å². The first-order valence-electron chi connectivity index (χ1n) is 12.6. The van der Waals surface area contributed by atoms with Crippen molar-refractivity contribution in [2.24, 2.45) is 0 Å². The number of phenolic OH excluding ortho intramolecular Hbond substituents is 1. The molecule has 11 heteroatoms. The van der Waals surface area contributed by atoms with Crippen LogP contribution in [0.15, 0.2) is 18.3 Å². The number of phenols is 1. The van der Waals surface area contributed by atoms with Crippen LogP contribution in [0, 0.1) is 5.82 Å². The van der Waals surface area contributed by atoms with E-state index in [-0.39, 0.29) is 41.0 Å². The summed E-state index contributed by atoms with van der Waals surface area (Å²) in [4.78, 5) is 29.4. The number of carbonyl (C=O) groups excluding carboxylic acids is 1. The van der Waals surface area contributed by atoms with E-state index in [1.807, 2.05) is 32.7 Å². The van der Waals surface area contributed by atoms with Crippen molar-refractivity contribution < 1.29 is 23.8 Å². The number of hydrogen-bond donors (Lipinski definition) is 1. The number of benzene rings is 1. The SMILES string of the molecule is COc1nc(N(C)[C@@H]2CCN(C(=O)OC(C)(C)C)C2)c2cnc(-c3cc(O)cc(Cl)c3C3CC3)c(F)c2n1. The molecule has 0 radical (unpaired) electrons. The van der Waals surface area contributed by atoms with Crippen molar-refractivity contribution in [1.29, 1.82) is 0 Å². The number of likely N-dealkylation sites (N-methyl/N-ethyl adjacent to an activating group) is 1. The van der Waals surface area contributed by atoms with Gasteiger partial charge in [-0.15, -0.1) is 0 Å². The molecule has 2 aromatic heterocycles. The molecular formula is C27H31ClFN5O4. The number of nitrogens with zero attached hydrogens (tertiary/aromatic N) is 5. The van der Waals surface area contributed by atoms with E-state index in [0.717, 1.165) is 18.4 Å². The standard InChI is InChI=1S/C27H31ClFN5O4/c1-27(2,3)38-26(36)34-9-8-15(13-34)33(4)24-18-12-30-22(21(29)23(18)31-25(32-24)37-5)17-10-16(35)11-19(28)20(17)14-6-7-14/h10-12,14-15,35H,6-9,13H2,1-5H3/t15-/m1/s1.